The minimum Gasteiger partial charge on any atom is -0.493 e. The summed E-state index contributed by atoms with van der Waals surface area (Å²) in [6.45, 7) is 1.86. The molecule has 4 nitrogen and oxygen atoms in total. The van der Waals surface area contributed by atoms with E-state index in [-0.39, 0.29) is 13.2 Å². The highest BCUT2D eigenvalue weighted by Crippen LogP contribution is 2.37. The third kappa shape index (κ3) is 5.76. The number of aliphatic hydroxyl groups excluding tert-OH is 1. The molecule has 0 saturated carbocycles. The van der Waals surface area contributed by atoms with Crippen LogP contribution in [0.1, 0.15) is 24.0 Å². The van der Waals surface area contributed by atoms with E-state index >= 15 is 0 Å². The lowest BCUT2D eigenvalue weighted by atomic mass is 10.1. The average Bonchev–Trinajstić information content (AvgIpc) is 2.63. The van der Waals surface area contributed by atoms with Gasteiger partial charge in [0.25, 0.3) is 0 Å². The fourth-order valence-electron chi connectivity index (χ4n) is 2.46. The lowest BCUT2D eigenvalue weighted by Gasteiger charge is -2.18. The number of unbranched alkanes of at least 4 members (excludes halogenated alkanes) is 1. The van der Waals surface area contributed by atoms with Gasteiger partial charge in [0.15, 0.2) is 11.5 Å². The maximum Gasteiger partial charge on any atom is 0.167 e. The second kappa shape index (κ2) is 11.0. The van der Waals surface area contributed by atoms with Crippen molar-refractivity contribution in [3.8, 4) is 11.5 Å². The maximum absolute atomic E-state index is 8.87. The summed E-state index contributed by atoms with van der Waals surface area (Å²) in [5.41, 5.74) is 1.69. The number of nitrogens with one attached hydrogen (secondary N) is 1. The number of rotatable bonds is 10. The molecule has 2 N–H and O–H groups in total. The van der Waals surface area contributed by atoms with E-state index in [1.165, 1.54) is 0 Å². The van der Waals surface area contributed by atoms with Crippen molar-refractivity contribution in [3.05, 3.63) is 56.0 Å². The van der Waals surface area contributed by atoms with Crippen LogP contribution in [0.25, 0.3) is 0 Å². The molecule has 2 rings (SSSR count). The SMILES string of the molecule is COc1ccc(Br)c(CNCCCCO)c1OCc1c(Cl)cccc1Cl. The van der Waals surface area contributed by atoms with E-state index < -0.39 is 0 Å². The zero-order valence-electron chi connectivity index (χ0n) is 14.5. The molecule has 2 aromatic rings. The third-order valence-corrected chi connectivity index (χ3v) is 5.32. The van der Waals surface area contributed by atoms with Gasteiger partial charge in [-0.15, -0.1) is 0 Å². The van der Waals surface area contributed by atoms with Crippen LogP contribution in [0.3, 0.4) is 0 Å². The van der Waals surface area contributed by atoms with Crippen molar-refractivity contribution in [1.82, 2.24) is 5.32 Å². The summed E-state index contributed by atoms with van der Waals surface area (Å²) < 4.78 is 12.4. The molecule has 26 heavy (non-hydrogen) atoms. The Morgan fingerprint density at radius 2 is 1.81 bits per heavy atom. The number of aliphatic hydroxyl groups is 1. The topological polar surface area (TPSA) is 50.7 Å². The summed E-state index contributed by atoms with van der Waals surface area (Å²) in [7, 11) is 1.61. The van der Waals surface area contributed by atoms with Crippen molar-refractivity contribution in [2.45, 2.75) is 26.0 Å². The summed E-state index contributed by atoms with van der Waals surface area (Å²) in [4.78, 5) is 0. The molecule has 0 unspecified atom stereocenters. The number of halogens is 3. The van der Waals surface area contributed by atoms with E-state index in [2.05, 4.69) is 21.2 Å². The van der Waals surface area contributed by atoms with Crippen LogP contribution >= 0.6 is 39.1 Å². The number of hydrogen-bond donors (Lipinski definition) is 2. The van der Waals surface area contributed by atoms with E-state index in [9.17, 15) is 0 Å². The summed E-state index contributed by atoms with van der Waals surface area (Å²) in [5.74, 6) is 1.29. The summed E-state index contributed by atoms with van der Waals surface area (Å²) >= 11 is 16.1. The average molecular weight is 463 g/mol. The minimum atomic E-state index is 0.206. The van der Waals surface area contributed by atoms with Gasteiger partial charge in [-0.05, 0) is 43.7 Å². The molecular weight excluding hydrogens is 441 g/mol. The van der Waals surface area contributed by atoms with Crippen LogP contribution in [0, 0.1) is 0 Å². The molecule has 0 aliphatic rings. The smallest absolute Gasteiger partial charge is 0.167 e. The van der Waals surface area contributed by atoms with E-state index in [1.807, 2.05) is 12.1 Å². The fraction of sp³-hybridized carbons (Fsp3) is 0.368. The maximum atomic E-state index is 8.87. The Bertz CT molecular complexity index is 708. The Morgan fingerprint density at radius 1 is 1.08 bits per heavy atom. The van der Waals surface area contributed by atoms with E-state index in [4.69, 9.17) is 37.8 Å². The molecule has 0 aromatic heterocycles. The Morgan fingerprint density at radius 3 is 2.46 bits per heavy atom. The molecular formula is C19H22BrCl2NO3. The van der Waals surface area contributed by atoms with Gasteiger partial charge in [0, 0.05) is 38.8 Å². The fourth-order valence-corrected chi connectivity index (χ4v) is 3.41. The first-order chi connectivity index (χ1) is 12.6. The molecule has 0 aliphatic heterocycles. The van der Waals surface area contributed by atoms with Crippen LogP contribution in [0.5, 0.6) is 11.5 Å². The number of methoxy groups -OCH3 is 1. The first-order valence-electron chi connectivity index (χ1n) is 8.31. The summed E-state index contributed by atoms with van der Waals surface area (Å²) in [6, 6.07) is 9.15. The quantitative estimate of drug-likeness (QED) is 0.476. The monoisotopic (exact) mass is 461 g/mol. The predicted molar refractivity (Wildman–Crippen MR) is 110 cm³/mol. The molecule has 2 aromatic carbocycles. The molecule has 0 bridgehead atoms. The first-order valence-corrected chi connectivity index (χ1v) is 9.86. The van der Waals surface area contributed by atoms with Crippen LogP contribution in [0.15, 0.2) is 34.8 Å². The van der Waals surface area contributed by atoms with Crippen molar-refractivity contribution in [3.63, 3.8) is 0 Å². The van der Waals surface area contributed by atoms with Crippen LogP contribution in [-0.4, -0.2) is 25.4 Å². The summed E-state index contributed by atoms with van der Waals surface area (Å²) in [6.07, 6.45) is 1.68. The Labute approximate surface area is 172 Å². The molecule has 0 saturated heterocycles. The van der Waals surface area contributed by atoms with Crippen LogP contribution in [-0.2, 0) is 13.2 Å². The van der Waals surface area contributed by atoms with E-state index in [0.717, 1.165) is 35.0 Å². The van der Waals surface area contributed by atoms with Crippen molar-refractivity contribution in [1.29, 1.82) is 0 Å². The van der Waals surface area contributed by atoms with Gasteiger partial charge in [-0.1, -0.05) is 45.2 Å². The van der Waals surface area contributed by atoms with E-state index in [0.29, 0.717) is 28.1 Å². The number of benzene rings is 2. The second-order valence-corrected chi connectivity index (χ2v) is 7.32. The molecule has 0 aliphatic carbocycles. The zero-order valence-corrected chi connectivity index (χ0v) is 17.6. The largest absolute Gasteiger partial charge is 0.493 e. The van der Waals surface area contributed by atoms with Gasteiger partial charge in [-0.2, -0.15) is 0 Å². The highest BCUT2D eigenvalue weighted by molar-refractivity contribution is 9.10. The molecule has 0 atom stereocenters. The first kappa shape index (κ1) is 21.3. The molecule has 0 amide bonds. The van der Waals surface area contributed by atoms with Gasteiger partial charge in [-0.25, -0.2) is 0 Å². The summed E-state index contributed by atoms with van der Waals surface area (Å²) in [5, 5.41) is 13.4. The van der Waals surface area contributed by atoms with Gasteiger partial charge < -0.3 is 19.9 Å². The van der Waals surface area contributed by atoms with Crippen molar-refractivity contribution < 1.29 is 14.6 Å². The van der Waals surface area contributed by atoms with Crippen LogP contribution in [0.4, 0.5) is 0 Å². The lowest BCUT2D eigenvalue weighted by Crippen LogP contribution is -2.16. The zero-order chi connectivity index (χ0) is 18.9. The third-order valence-electron chi connectivity index (χ3n) is 3.87. The molecule has 0 radical (unpaired) electrons. The molecule has 0 spiro atoms. The lowest BCUT2D eigenvalue weighted by molar-refractivity contribution is 0.279. The van der Waals surface area contributed by atoms with Gasteiger partial charge >= 0.3 is 0 Å². The Kier molecular flexibility index (Phi) is 9.02. The van der Waals surface area contributed by atoms with Gasteiger partial charge in [0.1, 0.15) is 6.61 Å². The Hall–Kier alpha value is -0.980. The highest BCUT2D eigenvalue weighted by Gasteiger charge is 2.16. The predicted octanol–water partition coefficient (Wildman–Crippen LogP) is 5.21. The van der Waals surface area contributed by atoms with Crippen LogP contribution in [0.2, 0.25) is 10.0 Å². The minimum absolute atomic E-state index is 0.206. The molecule has 0 fully saturated rings. The highest BCUT2D eigenvalue weighted by atomic mass is 79.9. The van der Waals surface area contributed by atoms with Crippen molar-refractivity contribution in [2.24, 2.45) is 0 Å². The van der Waals surface area contributed by atoms with Gasteiger partial charge in [0.05, 0.1) is 7.11 Å². The molecule has 142 valence electrons. The number of ether oxygens (including phenoxy) is 2. The standard InChI is InChI=1S/C19H22BrCl2NO3/c1-25-18-8-7-15(20)13(11-23-9-2-3-10-24)19(18)26-12-14-16(21)5-4-6-17(14)22/h4-8,23-24H,2-3,9-12H2,1H3. The van der Waals surface area contributed by atoms with E-state index in [1.54, 1.807) is 25.3 Å². The Balaban J connectivity index is 2.18. The van der Waals surface area contributed by atoms with Crippen molar-refractivity contribution >= 4 is 39.1 Å². The normalized spacial score (nSPS) is 10.8. The van der Waals surface area contributed by atoms with Gasteiger partial charge in [-0.3, -0.25) is 0 Å². The molecule has 0 heterocycles. The van der Waals surface area contributed by atoms with Crippen LogP contribution < -0.4 is 14.8 Å². The van der Waals surface area contributed by atoms with Gasteiger partial charge in [0.2, 0.25) is 0 Å². The number of hydrogen-bond acceptors (Lipinski definition) is 4. The van der Waals surface area contributed by atoms with Crippen molar-refractivity contribution in [2.75, 3.05) is 20.3 Å². The second-order valence-electron chi connectivity index (χ2n) is 5.65. The molecule has 7 heteroatoms.